The van der Waals surface area contributed by atoms with Crippen LogP contribution in [0.5, 0.6) is 11.5 Å². The minimum absolute atomic E-state index is 0.258. The van der Waals surface area contributed by atoms with Crippen LogP contribution in [0, 0.1) is 0 Å². The smallest absolute Gasteiger partial charge is 0.199 e. The average molecular weight is 280 g/mol. The molecule has 0 spiro atoms. The molecule has 0 aliphatic carbocycles. The molecule has 19 heavy (non-hydrogen) atoms. The van der Waals surface area contributed by atoms with Crippen LogP contribution in [0.25, 0.3) is 0 Å². The molecule has 0 saturated carbocycles. The zero-order valence-electron chi connectivity index (χ0n) is 10.7. The van der Waals surface area contributed by atoms with Crippen LogP contribution < -0.4 is 14.8 Å². The van der Waals surface area contributed by atoms with Crippen molar-refractivity contribution >= 4 is 23.1 Å². The van der Waals surface area contributed by atoms with Crippen LogP contribution in [0.4, 0.5) is 11.5 Å². The fourth-order valence-corrected chi connectivity index (χ4v) is 1.81. The summed E-state index contributed by atoms with van der Waals surface area (Å²) in [4.78, 5) is 7.99. The van der Waals surface area contributed by atoms with E-state index in [-0.39, 0.29) is 5.15 Å². The molecule has 0 bridgehead atoms. The molecule has 0 aliphatic rings. The quantitative estimate of drug-likeness (QED) is 0.851. The van der Waals surface area contributed by atoms with Gasteiger partial charge in [-0.05, 0) is 19.1 Å². The van der Waals surface area contributed by atoms with E-state index in [0.29, 0.717) is 18.2 Å². The molecule has 5 nitrogen and oxygen atoms in total. The number of aromatic nitrogens is 2. The molecule has 0 aliphatic heterocycles. The van der Waals surface area contributed by atoms with Gasteiger partial charge < -0.3 is 14.8 Å². The van der Waals surface area contributed by atoms with Gasteiger partial charge in [0.25, 0.3) is 0 Å². The Kier molecular flexibility index (Phi) is 4.41. The Balaban J connectivity index is 2.33. The van der Waals surface area contributed by atoms with Gasteiger partial charge in [0.05, 0.1) is 19.4 Å². The molecule has 0 radical (unpaired) electrons. The Morgan fingerprint density at radius 2 is 2.05 bits per heavy atom. The number of nitrogens with zero attached hydrogens (tertiary/aromatic N) is 2. The molecule has 0 saturated heterocycles. The van der Waals surface area contributed by atoms with Crippen LogP contribution in [0.15, 0.2) is 30.6 Å². The van der Waals surface area contributed by atoms with Gasteiger partial charge in [0.15, 0.2) is 16.7 Å². The van der Waals surface area contributed by atoms with Crippen molar-refractivity contribution in [1.82, 2.24) is 9.97 Å². The number of rotatable bonds is 5. The largest absolute Gasteiger partial charge is 0.492 e. The lowest BCUT2D eigenvalue weighted by atomic mass is 10.3. The average Bonchev–Trinajstić information content (AvgIpc) is 2.41. The first kappa shape index (κ1) is 13.4. The molecule has 2 aromatic rings. The first-order valence-electron chi connectivity index (χ1n) is 5.79. The summed E-state index contributed by atoms with van der Waals surface area (Å²) in [6.07, 6.45) is 1.37. The van der Waals surface area contributed by atoms with Gasteiger partial charge in [0.2, 0.25) is 0 Å². The zero-order chi connectivity index (χ0) is 13.7. The molecule has 1 N–H and O–H groups in total. The first-order chi connectivity index (χ1) is 9.26. The number of hydrogen-bond donors (Lipinski definition) is 1. The maximum atomic E-state index is 5.95. The van der Waals surface area contributed by atoms with Crippen molar-refractivity contribution < 1.29 is 9.47 Å². The highest BCUT2D eigenvalue weighted by Crippen LogP contribution is 2.33. The van der Waals surface area contributed by atoms with Crippen LogP contribution in [0.3, 0.4) is 0 Å². The third-order valence-corrected chi connectivity index (χ3v) is 2.67. The summed E-state index contributed by atoms with van der Waals surface area (Å²) in [5.41, 5.74) is 0.789. The predicted octanol–water partition coefficient (Wildman–Crippen LogP) is 3.28. The molecular formula is C13H14ClN3O2. The van der Waals surface area contributed by atoms with Crippen LogP contribution >= 0.6 is 11.6 Å². The summed E-state index contributed by atoms with van der Waals surface area (Å²) in [5, 5.41) is 3.39. The molecule has 6 heteroatoms. The van der Waals surface area contributed by atoms with E-state index < -0.39 is 0 Å². The Bertz CT molecular complexity index is 563. The number of halogens is 1. The van der Waals surface area contributed by atoms with Crippen molar-refractivity contribution in [3.05, 3.63) is 35.7 Å². The highest BCUT2D eigenvalue weighted by molar-refractivity contribution is 6.31. The molecule has 0 atom stereocenters. The third-order valence-electron chi connectivity index (χ3n) is 2.40. The van der Waals surface area contributed by atoms with E-state index in [1.165, 1.54) is 13.4 Å². The van der Waals surface area contributed by atoms with Gasteiger partial charge in [-0.2, -0.15) is 0 Å². The minimum Gasteiger partial charge on any atom is -0.492 e. The molecule has 1 heterocycles. The van der Waals surface area contributed by atoms with Gasteiger partial charge in [0.1, 0.15) is 12.1 Å². The van der Waals surface area contributed by atoms with Gasteiger partial charge in [-0.3, -0.25) is 0 Å². The number of ether oxygens (including phenoxy) is 2. The zero-order valence-corrected chi connectivity index (χ0v) is 11.4. The Labute approximate surface area is 116 Å². The first-order valence-corrected chi connectivity index (χ1v) is 6.17. The fraction of sp³-hybridized carbons (Fsp3) is 0.231. The highest BCUT2D eigenvalue weighted by atomic mass is 35.5. The maximum Gasteiger partial charge on any atom is 0.199 e. The minimum atomic E-state index is 0.258. The molecule has 0 amide bonds. The summed E-state index contributed by atoms with van der Waals surface area (Å²) in [7, 11) is 1.52. The highest BCUT2D eigenvalue weighted by Gasteiger charge is 2.12. The summed E-state index contributed by atoms with van der Waals surface area (Å²) in [6.45, 7) is 2.51. The molecule has 0 unspecified atom stereocenters. The lowest BCUT2D eigenvalue weighted by molar-refractivity contribution is 0.342. The van der Waals surface area contributed by atoms with Crippen molar-refractivity contribution in [1.29, 1.82) is 0 Å². The van der Waals surface area contributed by atoms with E-state index in [9.17, 15) is 0 Å². The second kappa shape index (κ2) is 6.24. The van der Waals surface area contributed by atoms with E-state index in [2.05, 4.69) is 15.3 Å². The molecule has 0 fully saturated rings. The number of nitrogens with one attached hydrogen (secondary N) is 1. The van der Waals surface area contributed by atoms with E-state index in [4.69, 9.17) is 21.1 Å². The summed E-state index contributed by atoms with van der Waals surface area (Å²) < 4.78 is 10.7. The van der Waals surface area contributed by atoms with Crippen molar-refractivity contribution in [2.24, 2.45) is 0 Å². The molecule has 2 rings (SSSR count). The SMILES string of the molecule is CCOc1ccccc1Nc1ncnc(Cl)c1OC. The molecular weight excluding hydrogens is 266 g/mol. The number of anilines is 2. The van der Waals surface area contributed by atoms with Gasteiger partial charge in [-0.25, -0.2) is 9.97 Å². The predicted molar refractivity (Wildman–Crippen MR) is 74.5 cm³/mol. The fourth-order valence-electron chi connectivity index (χ4n) is 1.60. The second-order valence-corrected chi connectivity index (χ2v) is 3.96. The number of benzene rings is 1. The summed E-state index contributed by atoms with van der Waals surface area (Å²) >= 11 is 5.95. The van der Waals surface area contributed by atoms with Crippen LogP contribution in [0.2, 0.25) is 5.15 Å². The van der Waals surface area contributed by atoms with E-state index in [1.807, 2.05) is 31.2 Å². The van der Waals surface area contributed by atoms with E-state index >= 15 is 0 Å². The number of methoxy groups -OCH3 is 1. The normalized spacial score (nSPS) is 10.1. The standard InChI is InChI=1S/C13H14ClN3O2/c1-3-19-10-7-5-4-6-9(10)17-13-11(18-2)12(14)15-8-16-13/h4-8H,3H2,1-2H3,(H,15,16,17). The second-order valence-electron chi connectivity index (χ2n) is 3.60. The Morgan fingerprint density at radius 3 is 2.79 bits per heavy atom. The summed E-state index contributed by atoms with van der Waals surface area (Å²) in [5.74, 6) is 1.63. The van der Waals surface area contributed by atoms with Crippen LogP contribution in [-0.4, -0.2) is 23.7 Å². The maximum absolute atomic E-state index is 5.95. The summed E-state index contributed by atoms with van der Waals surface area (Å²) in [6, 6.07) is 7.57. The van der Waals surface area contributed by atoms with Crippen molar-refractivity contribution in [2.75, 3.05) is 19.0 Å². The van der Waals surface area contributed by atoms with Gasteiger partial charge in [-0.15, -0.1) is 0 Å². The van der Waals surface area contributed by atoms with E-state index in [1.54, 1.807) is 0 Å². The Hall–Kier alpha value is -2.01. The molecule has 1 aromatic carbocycles. The lowest BCUT2D eigenvalue weighted by Crippen LogP contribution is -2.01. The van der Waals surface area contributed by atoms with E-state index in [0.717, 1.165) is 11.4 Å². The van der Waals surface area contributed by atoms with Crippen LogP contribution in [-0.2, 0) is 0 Å². The van der Waals surface area contributed by atoms with Gasteiger partial charge in [-0.1, -0.05) is 23.7 Å². The number of para-hydroxylation sites is 2. The van der Waals surface area contributed by atoms with Gasteiger partial charge in [0, 0.05) is 0 Å². The van der Waals surface area contributed by atoms with Crippen LogP contribution in [0.1, 0.15) is 6.92 Å². The monoisotopic (exact) mass is 279 g/mol. The molecule has 1 aromatic heterocycles. The third kappa shape index (κ3) is 3.06. The lowest BCUT2D eigenvalue weighted by Gasteiger charge is -2.13. The number of hydrogen-bond acceptors (Lipinski definition) is 5. The van der Waals surface area contributed by atoms with Crippen molar-refractivity contribution in [3.8, 4) is 11.5 Å². The topological polar surface area (TPSA) is 56.3 Å². The van der Waals surface area contributed by atoms with Crippen molar-refractivity contribution in [2.45, 2.75) is 6.92 Å². The Morgan fingerprint density at radius 1 is 1.26 bits per heavy atom. The van der Waals surface area contributed by atoms with Crippen molar-refractivity contribution in [3.63, 3.8) is 0 Å². The van der Waals surface area contributed by atoms with Gasteiger partial charge >= 0.3 is 0 Å². The molecule has 100 valence electrons.